The van der Waals surface area contributed by atoms with Crippen LogP contribution in [0.2, 0.25) is 5.02 Å². The Labute approximate surface area is 146 Å². The second-order valence-electron chi connectivity index (χ2n) is 6.42. The van der Waals surface area contributed by atoms with E-state index in [1.165, 1.54) is 11.6 Å². The van der Waals surface area contributed by atoms with Crippen LogP contribution in [0.4, 0.5) is 4.39 Å². The summed E-state index contributed by atoms with van der Waals surface area (Å²) < 4.78 is 14.3. The van der Waals surface area contributed by atoms with Crippen molar-refractivity contribution >= 4 is 17.3 Å². The molecule has 124 valence electrons. The number of hydrogen-bond donors (Lipinski definition) is 1. The summed E-state index contributed by atoms with van der Waals surface area (Å²) in [4.78, 5) is 2.41. The number of benzene rings is 2. The van der Waals surface area contributed by atoms with Gasteiger partial charge in [0.1, 0.15) is 5.82 Å². The number of piperidine rings is 1. The molecule has 0 bridgehead atoms. The first kappa shape index (κ1) is 15.6. The molecule has 4 rings (SSSR count). The third kappa shape index (κ3) is 2.92. The summed E-state index contributed by atoms with van der Waals surface area (Å²) in [5.74, 6) is -0.103. The van der Waals surface area contributed by atoms with Crippen molar-refractivity contribution in [3.8, 4) is 0 Å². The Kier molecular flexibility index (Phi) is 4.25. The van der Waals surface area contributed by atoms with Crippen LogP contribution in [0.5, 0.6) is 0 Å². The summed E-state index contributed by atoms with van der Waals surface area (Å²) in [5.41, 5.74) is 6.07. The molecule has 3 nitrogen and oxygen atoms in total. The number of halogens is 2. The van der Waals surface area contributed by atoms with Crippen molar-refractivity contribution in [2.24, 2.45) is 11.0 Å². The Bertz CT molecular complexity index is 742. The molecular formula is C19H19ClFN3. The summed E-state index contributed by atoms with van der Waals surface area (Å²) in [6.07, 6.45) is 0.910. The minimum Gasteiger partial charge on any atom is -0.302 e. The molecule has 0 aromatic heterocycles. The molecule has 1 saturated heterocycles. The van der Waals surface area contributed by atoms with E-state index in [-0.39, 0.29) is 17.8 Å². The van der Waals surface area contributed by atoms with Crippen LogP contribution >= 0.6 is 11.6 Å². The van der Waals surface area contributed by atoms with Crippen molar-refractivity contribution in [3.63, 3.8) is 0 Å². The van der Waals surface area contributed by atoms with Gasteiger partial charge in [-0.15, -0.1) is 0 Å². The zero-order valence-corrected chi connectivity index (χ0v) is 14.0. The van der Waals surface area contributed by atoms with Gasteiger partial charge in [0.25, 0.3) is 0 Å². The van der Waals surface area contributed by atoms with Crippen molar-refractivity contribution in [1.82, 2.24) is 10.3 Å². The topological polar surface area (TPSA) is 27.6 Å². The molecule has 2 aliphatic heterocycles. The molecular weight excluding hydrogens is 325 g/mol. The van der Waals surface area contributed by atoms with Gasteiger partial charge in [0, 0.05) is 48.3 Å². The molecule has 0 radical (unpaired) electrons. The fourth-order valence-corrected chi connectivity index (χ4v) is 3.95. The summed E-state index contributed by atoms with van der Waals surface area (Å²) >= 11 is 6.26. The van der Waals surface area contributed by atoms with E-state index in [9.17, 15) is 4.39 Å². The molecule has 2 aliphatic rings. The number of likely N-dealkylation sites (tertiary alicyclic amines) is 1. The number of fused-ring (bicyclic) bond motifs is 1. The van der Waals surface area contributed by atoms with Crippen LogP contribution in [0.3, 0.4) is 0 Å². The van der Waals surface area contributed by atoms with E-state index in [0.29, 0.717) is 10.6 Å². The Hall–Kier alpha value is -1.91. The number of nitrogens with one attached hydrogen (secondary N) is 1. The molecule has 0 saturated carbocycles. The molecule has 0 amide bonds. The highest BCUT2D eigenvalue weighted by Crippen LogP contribution is 2.37. The second kappa shape index (κ2) is 6.54. The van der Waals surface area contributed by atoms with E-state index >= 15 is 0 Å². The first-order chi connectivity index (χ1) is 11.7. The van der Waals surface area contributed by atoms with Crippen molar-refractivity contribution in [2.45, 2.75) is 19.0 Å². The molecule has 5 heteroatoms. The van der Waals surface area contributed by atoms with E-state index in [0.717, 1.165) is 31.8 Å². The third-order valence-electron chi connectivity index (χ3n) is 4.88. The summed E-state index contributed by atoms with van der Waals surface area (Å²) in [7, 11) is 0. The Morgan fingerprint density at radius 3 is 2.79 bits per heavy atom. The van der Waals surface area contributed by atoms with E-state index in [1.807, 2.05) is 6.07 Å². The Morgan fingerprint density at radius 1 is 1.17 bits per heavy atom. The lowest BCUT2D eigenvalue weighted by Gasteiger charge is -2.34. The molecule has 2 heterocycles. The largest absolute Gasteiger partial charge is 0.302 e. The maximum absolute atomic E-state index is 14.3. The van der Waals surface area contributed by atoms with Crippen molar-refractivity contribution in [1.29, 1.82) is 0 Å². The standard InChI is InChI=1S/C19H19ClFN3/c20-15-7-4-8-16(21)18(15)19-14-12-24(10-9-17(14)22-23-19)11-13-5-2-1-3-6-13/h1-8,14,19,23H,9-12H2. The van der Waals surface area contributed by atoms with E-state index < -0.39 is 0 Å². The molecule has 1 fully saturated rings. The van der Waals surface area contributed by atoms with Gasteiger partial charge < -0.3 is 5.43 Å². The maximum Gasteiger partial charge on any atom is 0.130 e. The van der Waals surface area contributed by atoms with Crippen molar-refractivity contribution < 1.29 is 4.39 Å². The van der Waals surface area contributed by atoms with Crippen LogP contribution in [0.25, 0.3) is 0 Å². The monoisotopic (exact) mass is 343 g/mol. The number of hydrazone groups is 1. The van der Waals surface area contributed by atoms with Gasteiger partial charge in [0.15, 0.2) is 0 Å². The van der Waals surface area contributed by atoms with Gasteiger partial charge in [-0.3, -0.25) is 4.90 Å². The van der Waals surface area contributed by atoms with Gasteiger partial charge in [-0.1, -0.05) is 48.0 Å². The van der Waals surface area contributed by atoms with E-state index in [1.54, 1.807) is 12.1 Å². The number of nitrogens with zero attached hydrogens (tertiary/aromatic N) is 2. The predicted octanol–water partition coefficient (Wildman–Crippen LogP) is 4.00. The minimum absolute atomic E-state index is 0.164. The minimum atomic E-state index is -0.267. The smallest absolute Gasteiger partial charge is 0.130 e. The predicted molar refractivity (Wildman–Crippen MR) is 94.5 cm³/mol. The highest BCUT2D eigenvalue weighted by molar-refractivity contribution is 6.31. The van der Waals surface area contributed by atoms with Crippen LogP contribution in [0.1, 0.15) is 23.6 Å². The maximum atomic E-state index is 14.3. The van der Waals surface area contributed by atoms with Gasteiger partial charge >= 0.3 is 0 Å². The van der Waals surface area contributed by atoms with Crippen molar-refractivity contribution in [2.75, 3.05) is 13.1 Å². The molecule has 0 spiro atoms. The van der Waals surface area contributed by atoms with Crippen LogP contribution in [0.15, 0.2) is 53.6 Å². The quantitative estimate of drug-likeness (QED) is 0.912. The second-order valence-corrected chi connectivity index (χ2v) is 6.83. The molecule has 2 atom stereocenters. The summed E-state index contributed by atoms with van der Waals surface area (Å²) in [6.45, 7) is 2.74. The Balaban J connectivity index is 1.54. The molecule has 0 aliphatic carbocycles. The summed E-state index contributed by atoms with van der Waals surface area (Å²) in [6, 6.07) is 15.1. The first-order valence-corrected chi connectivity index (χ1v) is 8.62. The molecule has 1 N–H and O–H groups in total. The molecule has 2 unspecified atom stereocenters. The fourth-order valence-electron chi connectivity index (χ4n) is 3.67. The first-order valence-electron chi connectivity index (χ1n) is 8.24. The van der Waals surface area contributed by atoms with Crippen LogP contribution in [-0.2, 0) is 6.54 Å². The number of hydrogen-bond acceptors (Lipinski definition) is 3. The van der Waals surface area contributed by atoms with Crippen LogP contribution < -0.4 is 5.43 Å². The van der Waals surface area contributed by atoms with Gasteiger partial charge in [-0.25, -0.2) is 4.39 Å². The van der Waals surface area contributed by atoms with Gasteiger partial charge in [-0.05, 0) is 17.7 Å². The zero-order valence-electron chi connectivity index (χ0n) is 13.3. The van der Waals surface area contributed by atoms with Crippen LogP contribution in [-0.4, -0.2) is 23.7 Å². The average Bonchev–Trinajstić information content (AvgIpc) is 2.99. The average molecular weight is 344 g/mol. The fraction of sp³-hybridized carbons (Fsp3) is 0.316. The van der Waals surface area contributed by atoms with Crippen LogP contribution in [0, 0.1) is 11.7 Å². The Morgan fingerprint density at radius 2 is 2.00 bits per heavy atom. The lowest BCUT2D eigenvalue weighted by atomic mass is 9.86. The molecule has 2 aromatic carbocycles. The molecule has 2 aromatic rings. The van der Waals surface area contributed by atoms with Crippen molar-refractivity contribution in [3.05, 3.63) is 70.5 Å². The van der Waals surface area contributed by atoms with Gasteiger partial charge in [-0.2, -0.15) is 5.10 Å². The van der Waals surface area contributed by atoms with E-state index in [2.05, 4.69) is 39.7 Å². The SMILES string of the molecule is Fc1cccc(Cl)c1C1NN=C2CCN(Cc3ccccc3)CC21. The normalized spacial score (nSPS) is 23.5. The highest BCUT2D eigenvalue weighted by Gasteiger charge is 2.38. The lowest BCUT2D eigenvalue weighted by molar-refractivity contribution is 0.219. The lowest BCUT2D eigenvalue weighted by Crippen LogP contribution is -2.41. The third-order valence-corrected chi connectivity index (χ3v) is 5.21. The molecule has 24 heavy (non-hydrogen) atoms. The summed E-state index contributed by atoms with van der Waals surface area (Å²) in [5, 5.41) is 4.92. The van der Waals surface area contributed by atoms with E-state index in [4.69, 9.17) is 11.6 Å². The number of rotatable bonds is 3. The highest BCUT2D eigenvalue weighted by atomic mass is 35.5. The van der Waals surface area contributed by atoms with Gasteiger partial charge in [0.05, 0.1) is 6.04 Å². The van der Waals surface area contributed by atoms with Gasteiger partial charge in [0.2, 0.25) is 0 Å². The zero-order chi connectivity index (χ0) is 16.5.